The van der Waals surface area contributed by atoms with Crippen molar-refractivity contribution >= 4 is 23.4 Å². The minimum absolute atomic E-state index is 0.121. The van der Waals surface area contributed by atoms with Gasteiger partial charge in [-0.3, -0.25) is 9.59 Å². The van der Waals surface area contributed by atoms with Gasteiger partial charge in [-0.05, 0) is 12.5 Å². The molecule has 0 aromatic rings. The molecule has 0 aromatic carbocycles. The van der Waals surface area contributed by atoms with Gasteiger partial charge in [0.1, 0.15) is 11.6 Å². The van der Waals surface area contributed by atoms with Crippen LogP contribution in [-0.4, -0.2) is 42.2 Å². The number of rotatable bonds is 14. The molecule has 29 heavy (non-hydrogen) atoms. The Morgan fingerprint density at radius 2 is 1.97 bits per heavy atom. The second-order valence-corrected chi connectivity index (χ2v) is 6.35. The Bertz CT molecular complexity index is 704. The van der Waals surface area contributed by atoms with Gasteiger partial charge in [-0.2, -0.15) is 0 Å². The van der Waals surface area contributed by atoms with Crippen LogP contribution in [0.3, 0.4) is 0 Å². The summed E-state index contributed by atoms with van der Waals surface area (Å²) in [7, 11) is 0. The van der Waals surface area contributed by atoms with E-state index in [1.807, 2.05) is 0 Å². The number of nitrogens with one attached hydrogen (secondary N) is 2. The molecule has 9 heteroatoms. The monoisotopic (exact) mass is 427 g/mol. The molecule has 0 saturated heterocycles. The highest BCUT2D eigenvalue weighted by molar-refractivity contribution is 6.31. The highest BCUT2D eigenvalue weighted by atomic mass is 35.5. The van der Waals surface area contributed by atoms with Gasteiger partial charge >= 0.3 is 0 Å². The Morgan fingerprint density at radius 3 is 2.52 bits per heavy atom. The van der Waals surface area contributed by atoms with Crippen molar-refractivity contribution in [3.8, 4) is 0 Å². The van der Waals surface area contributed by atoms with Gasteiger partial charge in [-0.1, -0.05) is 43.5 Å². The number of carbonyl (C=O) groups is 2. The number of allylic oxidation sites excluding steroid dienone is 4. The molecule has 7 nitrogen and oxygen atoms in total. The number of carbonyl (C=O) groups excluding carboxylic acids is 2. The maximum atomic E-state index is 13.2. The van der Waals surface area contributed by atoms with Gasteiger partial charge in [-0.25, -0.2) is 4.39 Å². The largest absolute Gasteiger partial charge is 0.484 e. The van der Waals surface area contributed by atoms with Gasteiger partial charge in [0.2, 0.25) is 5.91 Å². The number of amides is 2. The molecule has 5 N–H and O–H groups in total. The van der Waals surface area contributed by atoms with Gasteiger partial charge in [0.15, 0.2) is 6.61 Å². The summed E-state index contributed by atoms with van der Waals surface area (Å²) in [5.41, 5.74) is 5.82. The molecule has 2 unspecified atom stereocenters. The lowest BCUT2D eigenvalue weighted by molar-refractivity contribution is -0.125. The first-order valence-corrected chi connectivity index (χ1v) is 8.95. The third-order valence-electron chi connectivity index (χ3n) is 3.32. The third kappa shape index (κ3) is 13.0. The van der Waals surface area contributed by atoms with Crippen LogP contribution in [0.4, 0.5) is 4.39 Å². The lowest BCUT2D eigenvalue weighted by atomic mass is 10.1. The summed E-state index contributed by atoms with van der Waals surface area (Å²) < 4.78 is 18.2. The highest BCUT2D eigenvalue weighted by Gasteiger charge is 2.18. The van der Waals surface area contributed by atoms with Crippen molar-refractivity contribution in [3.63, 3.8) is 0 Å². The molecule has 160 valence electrons. The highest BCUT2D eigenvalue weighted by Crippen LogP contribution is 2.15. The van der Waals surface area contributed by atoms with E-state index in [4.69, 9.17) is 22.1 Å². The molecule has 0 fully saturated rings. The van der Waals surface area contributed by atoms with Crippen molar-refractivity contribution in [2.45, 2.75) is 25.0 Å². The van der Waals surface area contributed by atoms with E-state index in [1.165, 1.54) is 12.2 Å². The van der Waals surface area contributed by atoms with Crippen LogP contribution >= 0.6 is 11.6 Å². The van der Waals surface area contributed by atoms with Crippen LogP contribution in [0, 0.1) is 0 Å². The molecule has 0 aliphatic carbocycles. The van der Waals surface area contributed by atoms with Crippen LogP contribution in [0.15, 0.2) is 72.9 Å². The molecule has 0 radical (unpaired) electrons. The minimum Gasteiger partial charge on any atom is -0.484 e. The summed E-state index contributed by atoms with van der Waals surface area (Å²) in [6.45, 7) is 13.4. The molecule has 0 aromatic heterocycles. The molecular weight excluding hydrogens is 401 g/mol. The Morgan fingerprint density at radius 1 is 1.31 bits per heavy atom. The summed E-state index contributed by atoms with van der Waals surface area (Å²) in [5, 5.41) is 14.9. The predicted molar refractivity (Wildman–Crippen MR) is 112 cm³/mol. The summed E-state index contributed by atoms with van der Waals surface area (Å²) >= 11 is 5.37. The van der Waals surface area contributed by atoms with Gasteiger partial charge in [0.05, 0.1) is 17.2 Å². The summed E-state index contributed by atoms with van der Waals surface area (Å²) in [5.74, 6) is -1.88. The van der Waals surface area contributed by atoms with Crippen molar-refractivity contribution in [2.24, 2.45) is 5.73 Å². The van der Waals surface area contributed by atoms with Gasteiger partial charge < -0.3 is 26.2 Å². The first-order valence-electron chi connectivity index (χ1n) is 8.58. The molecule has 2 atom stereocenters. The topological polar surface area (TPSA) is 114 Å². The maximum Gasteiger partial charge on any atom is 0.258 e. The average molecular weight is 428 g/mol. The van der Waals surface area contributed by atoms with E-state index in [0.29, 0.717) is 12.1 Å². The smallest absolute Gasteiger partial charge is 0.258 e. The minimum atomic E-state index is -0.996. The lowest BCUT2D eigenvalue weighted by Gasteiger charge is -2.21. The van der Waals surface area contributed by atoms with Crippen LogP contribution < -0.4 is 16.4 Å². The van der Waals surface area contributed by atoms with E-state index >= 15 is 0 Å². The fourth-order valence-corrected chi connectivity index (χ4v) is 1.91. The zero-order chi connectivity index (χ0) is 22.4. The molecule has 0 bridgehead atoms. The van der Waals surface area contributed by atoms with Crippen molar-refractivity contribution in [2.75, 3.05) is 13.2 Å². The van der Waals surface area contributed by atoms with Crippen molar-refractivity contribution in [1.29, 1.82) is 0 Å². The van der Waals surface area contributed by atoms with E-state index in [-0.39, 0.29) is 29.7 Å². The number of hydrogen-bond donors (Lipinski definition) is 4. The second-order valence-electron chi connectivity index (χ2n) is 5.89. The first-order chi connectivity index (χ1) is 13.6. The number of ether oxygens (including phenoxy) is 1. The summed E-state index contributed by atoms with van der Waals surface area (Å²) in [4.78, 5) is 23.5. The van der Waals surface area contributed by atoms with Crippen LogP contribution in [0.2, 0.25) is 0 Å². The second kappa shape index (κ2) is 14.2. The fourth-order valence-electron chi connectivity index (χ4n) is 1.86. The van der Waals surface area contributed by atoms with E-state index in [9.17, 15) is 19.1 Å². The fraction of sp³-hybridized carbons (Fsp3) is 0.300. The molecular formula is C20H27ClFN3O4. The Hall–Kier alpha value is -2.84. The van der Waals surface area contributed by atoms with Gasteiger partial charge in [0.25, 0.3) is 5.91 Å². The van der Waals surface area contributed by atoms with E-state index in [2.05, 4.69) is 36.9 Å². The number of aliphatic hydroxyl groups excluding tert-OH is 1. The van der Waals surface area contributed by atoms with E-state index < -0.39 is 30.5 Å². The number of nitrogens with two attached hydrogens (primary N) is 1. The molecule has 0 aliphatic heterocycles. The SMILES string of the molecule is C=CC(NC(=O)COC(=C)/C=C(/F)C(=C)Cl)C(O)CCNC(=O)/C=C/CC(=C)N. The molecule has 0 rings (SSSR count). The normalized spacial score (nSPS) is 13.3. The van der Waals surface area contributed by atoms with Gasteiger partial charge in [0, 0.05) is 24.7 Å². The average Bonchev–Trinajstić information content (AvgIpc) is 2.63. The van der Waals surface area contributed by atoms with Crippen molar-refractivity contribution in [3.05, 3.63) is 72.9 Å². The summed E-state index contributed by atoms with van der Waals surface area (Å²) in [6.07, 6.45) is 4.69. The van der Waals surface area contributed by atoms with Crippen molar-refractivity contribution < 1.29 is 23.8 Å². The van der Waals surface area contributed by atoms with E-state index in [0.717, 1.165) is 6.08 Å². The molecule has 0 saturated carbocycles. The lowest BCUT2D eigenvalue weighted by Crippen LogP contribution is -2.44. The zero-order valence-electron chi connectivity index (χ0n) is 16.1. The standard InChI is InChI=1S/C20H27ClFN3O4/c1-5-17(18(26)9-10-24-19(27)8-6-7-13(2)23)25-20(28)12-29-14(3)11-16(22)15(4)21/h5-6,8,11,17-18,26H,1-4,7,9-10,12,23H2,(H,24,27)(H,25,28)/b8-6+,16-11+. The van der Waals surface area contributed by atoms with E-state index in [1.54, 1.807) is 6.08 Å². The van der Waals surface area contributed by atoms with Crippen LogP contribution in [-0.2, 0) is 14.3 Å². The summed E-state index contributed by atoms with van der Waals surface area (Å²) in [6, 6.07) is -0.776. The number of halogens is 2. The van der Waals surface area contributed by atoms with Crippen molar-refractivity contribution in [1.82, 2.24) is 10.6 Å². The zero-order valence-corrected chi connectivity index (χ0v) is 16.9. The van der Waals surface area contributed by atoms with Crippen LogP contribution in [0.25, 0.3) is 0 Å². The third-order valence-corrected chi connectivity index (χ3v) is 3.50. The van der Waals surface area contributed by atoms with Crippen LogP contribution in [0.5, 0.6) is 0 Å². The quantitative estimate of drug-likeness (QED) is 0.147. The number of aliphatic hydroxyl groups is 1. The van der Waals surface area contributed by atoms with Gasteiger partial charge in [-0.15, -0.1) is 6.58 Å². The first kappa shape index (κ1) is 26.2. The molecule has 0 aliphatic rings. The number of hydrogen-bond acceptors (Lipinski definition) is 5. The molecule has 0 heterocycles. The molecule has 0 spiro atoms. The Kier molecular flexibility index (Phi) is 12.8. The van der Waals surface area contributed by atoms with Crippen LogP contribution in [0.1, 0.15) is 12.8 Å². The maximum absolute atomic E-state index is 13.2. The molecule has 2 amide bonds. The Labute approximate surface area is 175 Å². The predicted octanol–water partition coefficient (Wildman–Crippen LogP) is 2.08. The Balaban J connectivity index is 4.35.